The second-order valence-electron chi connectivity index (χ2n) is 2.43. The Balaban J connectivity index is 4.21. The number of nitrogens with zero attached hydrogens (tertiary/aromatic N) is 2. The largest absolute Gasteiger partial charge is 0.297 e. The molecule has 0 unspecified atom stereocenters. The summed E-state index contributed by atoms with van der Waals surface area (Å²) in [6, 6.07) is 0. The lowest BCUT2D eigenvalue weighted by atomic mass is 10.3. The molecule has 0 rings (SSSR count). The maximum absolute atomic E-state index is 11.0. The Labute approximate surface area is 71.6 Å². The Hall–Kier alpha value is -1.45. The molecule has 4 nitrogen and oxygen atoms in total. The van der Waals surface area contributed by atoms with E-state index in [1.165, 1.54) is 13.1 Å². The molecule has 4 heteroatoms. The van der Waals surface area contributed by atoms with Gasteiger partial charge in [-0.25, -0.2) is 0 Å². The van der Waals surface area contributed by atoms with E-state index in [4.69, 9.17) is 0 Å². The van der Waals surface area contributed by atoms with Crippen LogP contribution in [0.4, 0.5) is 0 Å². The second kappa shape index (κ2) is 5.23. The molecule has 0 spiro atoms. The van der Waals surface area contributed by atoms with Gasteiger partial charge in [0.05, 0.1) is 6.54 Å². The first-order valence-corrected chi connectivity index (χ1v) is 3.43. The van der Waals surface area contributed by atoms with E-state index in [1.807, 2.05) is 0 Å². The highest BCUT2D eigenvalue weighted by Gasteiger charge is 2.02. The summed E-state index contributed by atoms with van der Waals surface area (Å²) in [5, 5.41) is 0. The van der Waals surface area contributed by atoms with Gasteiger partial charge in [-0.3, -0.25) is 19.5 Å². The topological polar surface area (TPSA) is 49.7 Å². The third kappa shape index (κ3) is 3.65. The number of imide groups is 1. The number of carbonyl (C=O) groups is 2. The lowest BCUT2D eigenvalue weighted by Gasteiger charge is -2.04. The zero-order chi connectivity index (χ0) is 9.56. The number of amides is 2. The van der Waals surface area contributed by atoms with Gasteiger partial charge in [-0.05, 0) is 19.2 Å². The van der Waals surface area contributed by atoms with Crippen molar-refractivity contribution in [3.63, 3.8) is 0 Å². The minimum atomic E-state index is -0.342. The van der Waals surface area contributed by atoms with Crippen molar-refractivity contribution in [2.75, 3.05) is 13.6 Å². The fraction of sp³-hybridized carbons (Fsp3) is 0.375. The molecular weight excluding hydrogens is 156 g/mol. The van der Waals surface area contributed by atoms with Crippen molar-refractivity contribution in [1.29, 1.82) is 0 Å². The van der Waals surface area contributed by atoms with Crippen LogP contribution in [0.5, 0.6) is 0 Å². The van der Waals surface area contributed by atoms with Crippen molar-refractivity contribution in [2.45, 2.75) is 6.92 Å². The summed E-state index contributed by atoms with van der Waals surface area (Å²) in [4.78, 5) is 25.7. The van der Waals surface area contributed by atoms with Gasteiger partial charge >= 0.3 is 0 Å². The van der Waals surface area contributed by atoms with Gasteiger partial charge < -0.3 is 0 Å². The first kappa shape index (κ1) is 10.6. The van der Waals surface area contributed by atoms with Crippen LogP contribution < -0.4 is 0 Å². The predicted octanol–water partition coefficient (Wildman–Crippen LogP) is 0.248. The van der Waals surface area contributed by atoms with Crippen LogP contribution >= 0.6 is 0 Å². The summed E-state index contributed by atoms with van der Waals surface area (Å²) in [5.41, 5.74) is 0.781. The van der Waals surface area contributed by atoms with Crippen LogP contribution in [-0.2, 0) is 9.59 Å². The third-order valence-electron chi connectivity index (χ3n) is 1.24. The van der Waals surface area contributed by atoms with E-state index in [0.29, 0.717) is 13.0 Å². The molecule has 2 amide bonds. The van der Waals surface area contributed by atoms with E-state index in [0.717, 1.165) is 10.5 Å². The fourth-order valence-electron chi connectivity index (χ4n) is 0.587. The molecule has 0 aliphatic carbocycles. The van der Waals surface area contributed by atoms with Crippen LogP contribution in [0.1, 0.15) is 6.92 Å². The molecule has 0 bridgehead atoms. The normalized spacial score (nSPS) is 10.7. The highest BCUT2D eigenvalue weighted by molar-refractivity contribution is 5.94. The Morgan fingerprint density at radius 2 is 2.25 bits per heavy atom. The van der Waals surface area contributed by atoms with Crippen molar-refractivity contribution in [1.82, 2.24) is 4.90 Å². The summed E-state index contributed by atoms with van der Waals surface area (Å²) < 4.78 is 0. The van der Waals surface area contributed by atoms with Gasteiger partial charge in [-0.15, -0.1) is 0 Å². The van der Waals surface area contributed by atoms with Crippen molar-refractivity contribution in [3.8, 4) is 0 Å². The fourth-order valence-corrected chi connectivity index (χ4v) is 0.587. The molecule has 0 aliphatic rings. The SMILES string of the molecule is C=NC/C(C)=C/C(=O)N(C)C=O. The molecule has 0 saturated heterocycles. The molecule has 0 N–H and O–H groups in total. The maximum Gasteiger partial charge on any atom is 0.252 e. The summed E-state index contributed by atoms with van der Waals surface area (Å²) in [6.07, 6.45) is 1.83. The van der Waals surface area contributed by atoms with Crippen molar-refractivity contribution < 1.29 is 9.59 Å². The van der Waals surface area contributed by atoms with Crippen LogP contribution in [0, 0.1) is 0 Å². The first-order valence-electron chi connectivity index (χ1n) is 3.43. The minimum absolute atomic E-state index is 0.342. The Bertz CT molecular complexity index is 221. The highest BCUT2D eigenvalue weighted by Crippen LogP contribution is 1.94. The van der Waals surface area contributed by atoms with Crippen molar-refractivity contribution >= 4 is 19.0 Å². The first-order chi connectivity index (χ1) is 5.61. The lowest BCUT2D eigenvalue weighted by molar-refractivity contribution is -0.132. The number of aliphatic imine (C=N–C) groups is 1. The maximum atomic E-state index is 11.0. The smallest absolute Gasteiger partial charge is 0.252 e. The third-order valence-corrected chi connectivity index (χ3v) is 1.24. The number of rotatable bonds is 4. The van der Waals surface area contributed by atoms with E-state index in [-0.39, 0.29) is 5.91 Å². The van der Waals surface area contributed by atoms with Crippen LogP contribution in [0.3, 0.4) is 0 Å². The number of hydrogen-bond donors (Lipinski definition) is 0. The average molecular weight is 168 g/mol. The molecule has 0 heterocycles. The molecule has 0 aromatic carbocycles. The molecular formula is C8H12N2O2. The van der Waals surface area contributed by atoms with Gasteiger partial charge in [0, 0.05) is 13.1 Å². The van der Waals surface area contributed by atoms with Gasteiger partial charge in [0.15, 0.2) is 0 Å². The summed E-state index contributed by atoms with van der Waals surface area (Å²) in [7, 11) is 1.40. The molecule has 0 aromatic heterocycles. The van der Waals surface area contributed by atoms with Crippen LogP contribution in [0.15, 0.2) is 16.6 Å². The number of hydrogen-bond acceptors (Lipinski definition) is 3. The average Bonchev–Trinajstić information content (AvgIpc) is 2.03. The van der Waals surface area contributed by atoms with E-state index in [9.17, 15) is 9.59 Å². The van der Waals surface area contributed by atoms with Gasteiger partial charge in [0.2, 0.25) is 6.41 Å². The summed E-state index contributed by atoms with van der Waals surface area (Å²) >= 11 is 0. The van der Waals surface area contributed by atoms with Crippen LogP contribution in [0.2, 0.25) is 0 Å². The van der Waals surface area contributed by atoms with Crippen LogP contribution in [-0.4, -0.2) is 37.5 Å². The monoisotopic (exact) mass is 168 g/mol. The molecule has 0 fully saturated rings. The molecule has 0 aliphatic heterocycles. The summed E-state index contributed by atoms with van der Waals surface area (Å²) in [5.74, 6) is -0.342. The quantitative estimate of drug-likeness (QED) is 0.343. The van der Waals surface area contributed by atoms with Gasteiger partial charge in [0.25, 0.3) is 5.91 Å². The van der Waals surface area contributed by atoms with E-state index in [1.54, 1.807) is 6.92 Å². The second-order valence-corrected chi connectivity index (χ2v) is 2.43. The lowest BCUT2D eigenvalue weighted by Crippen LogP contribution is -2.23. The molecule has 0 saturated carbocycles. The zero-order valence-corrected chi connectivity index (χ0v) is 7.28. The Morgan fingerprint density at radius 3 is 2.67 bits per heavy atom. The number of carbonyl (C=O) groups excluding carboxylic acids is 2. The highest BCUT2D eigenvalue weighted by atomic mass is 16.2. The van der Waals surface area contributed by atoms with Crippen molar-refractivity contribution in [2.24, 2.45) is 4.99 Å². The molecule has 0 atom stereocenters. The molecule has 0 aromatic rings. The van der Waals surface area contributed by atoms with Gasteiger partial charge in [-0.2, -0.15) is 0 Å². The van der Waals surface area contributed by atoms with E-state index >= 15 is 0 Å². The Kier molecular flexibility index (Phi) is 4.60. The molecule has 0 radical (unpaired) electrons. The molecule has 12 heavy (non-hydrogen) atoms. The zero-order valence-electron chi connectivity index (χ0n) is 7.28. The van der Waals surface area contributed by atoms with Gasteiger partial charge in [-0.1, -0.05) is 0 Å². The standard InChI is InChI=1S/C8H12N2O2/c1-7(5-9-2)4-8(12)10(3)6-11/h4,6H,2,5H2,1,3H3/b7-4+. The van der Waals surface area contributed by atoms with E-state index < -0.39 is 0 Å². The number of likely N-dealkylation sites (N-methyl/N-ethyl adjacent to an activating group) is 1. The van der Waals surface area contributed by atoms with Crippen molar-refractivity contribution in [3.05, 3.63) is 11.6 Å². The van der Waals surface area contributed by atoms with E-state index in [2.05, 4.69) is 11.7 Å². The Morgan fingerprint density at radius 1 is 1.67 bits per heavy atom. The van der Waals surface area contributed by atoms with Gasteiger partial charge in [0.1, 0.15) is 0 Å². The summed E-state index contributed by atoms with van der Waals surface area (Å²) in [6.45, 7) is 5.46. The minimum Gasteiger partial charge on any atom is -0.297 e. The molecule has 66 valence electrons. The van der Waals surface area contributed by atoms with Crippen LogP contribution in [0.25, 0.3) is 0 Å². The predicted molar refractivity (Wildman–Crippen MR) is 47.0 cm³/mol.